The summed E-state index contributed by atoms with van der Waals surface area (Å²) in [4.78, 5) is 3.36. The third-order valence-electron chi connectivity index (χ3n) is 1.23. The summed E-state index contributed by atoms with van der Waals surface area (Å²) in [6, 6.07) is 0.635. The van der Waals surface area contributed by atoms with Crippen molar-refractivity contribution in [2.45, 2.75) is 13.3 Å². The summed E-state index contributed by atoms with van der Waals surface area (Å²) >= 11 is 0. The fraction of sp³-hybridized carbons (Fsp3) is 0.286. The molecule has 72 valence electrons. The maximum absolute atomic E-state index is 12.4. The van der Waals surface area contributed by atoms with Gasteiger partial charge in [-0.15, -0.1) is 13.2 Å². The smallest absolute Gasteiger partial charge is 0.404 e. The standard InChI is InChI=1S/C7H5F4NO/c1-4-6(13-7(9,10)11)2-5(8)3-12-4/h2-3H,1H3. The monoisotopic (exact) mass is 195 g/mol. The maximum atomic E-state index is 12.4. The highest BCUT2D eigenvalue weighted by atomic mass is 19.4. The van der Waals surface area contributed by atoms with E-state index in [2.05, 4.69) is 9.72 Å². The second-order valence-corrected chi connectivity index (χ2v) is 2.28. The van der Waals surface area contributed by atoms with Crippen LogP contribution in [0.4, 0.5) is 17.6 Å². The van der Waals surface area contributed by atoms with Crippen LogP contribution in [0.2, 0.25) is 0 Å². The second kappa shape index (κ2) is 3.20. The Bertz CT molecular complexity index is 310. The van der Waals surface area contributed by atoms with Crippen LogP contribution in [-0.2, 0) is 0 Å². The number of hydrogen-bond acceptors (Lipinski definition) is 2. The molecule has 0 saturated carbocycles. The molecule has 0 N–H and O–H groups in total. The van der Waals surface area contributed by atoms with E-state index in [0.717, 1.165) is 6.20 Å². The van der Waals surface area contributed by atoms with Gasteiger partial charge in [-0.25, -0.2) is 4.39 Å². The lowest BCUT2D eigenvalue weighted by Crippen LogP contribution is -2.18. The molecule has 13 heavy (non-hydrogen) atoms. The van der Waals surface area contributed by atoms with Crippen LogP contribution in [0, 0.1) is 12.7 Å². The first-order valence-corrected chi connectivity index (χ1v) is 3.26. The average Bonchev–Trinajstić information content (AvgIpc) is 1.94. The van der Waals surface area contributed by atoms with Crippen LogP contribution in [-0.4, -0.2) is 11.3 Å². The van der Waals surface area contributed by atoms with Crippen LogP contribution in [0.25, 0.3) is 0 Å². The lowest BCUT2D eigenvalue weighted by atomic mass is 10.3. The first-order valence-electron chi connectivity index (χ1n) is 3.26. The van der Waals surface area contributed by atoms with Gasteiger partial charge in [-0.3, -0.25) is 4.98 Å². The zero-order chi connectivity index (χ0) is 10.1. The Hall–Kier alpha value is -1.33. The molecule has 0 aliphatic carbocycles. The number of rotatable bonds is 1. The molecule has 0 saturated heterocycles. The lowest BCUT2D eigenvalue weighted by molar-refractivity contribution is -0.275. The Labute approximate surface area is 71.2 Å². The molecule has 1 heterocycles. The third-order valence-corrected chi connectivity index (χ3v) is 1.23. The highest BCUT2D eigenvalue weighted by molar-refractivity contribution is 5.26. The van der Waals surface area contributed by atoms with Crippen LogP contribution in [0.15, 0.2) is 12.3 Å². The van der Waals surface area contributed by atoms with Gasteiger partial charge in [-0.1, -0.05) is 0 Å². The fourth-order valence-corrected chi connectivity index (χ4v) is 0.717. The van der Waals surface area contributed by atoms with Crippen molar-refractivity contribution >= 4 is 0 Å². The number of nitrogens with zero attached hydrogens (tertiary/aromatic N) is 1. The van der Waals surface area contributed by atoms with Crippen molar-refractivity contribution in [3.8, 4) is 5.75 Å². The second-order valence-electron chi connectivity index (χ2n) is 2.28. The minimum absolute atomic E-state index is 0.0151. The largest absolute Gasteiger partial charge is 0.573 e. The van der Waals surface area contributed by atoms with Crippen molar-refractivity contribution in [1.82, 2.24) is 4.98 Å². The summed E-state index contributed by atoms with van der Waals surface area (Å²) < 4.78 is 51.0. The molecule has 0 spiro atoms. The van der Waals surface area contributed by atoms with Gasteiger partial charge in [0.1, 0.15) is 5.82 Å². The van der Waals surface area contributed by atoms with Crippen molar-refractivity contribution in [1.29, 1.82) is 0 Å². The normalized spacial score (nSPS) is 11.5. The van der Waals surface area contributed by atoms with E-state index in [0.29, 0.717) is 6.07 Å². The molecule has 0 fully saturated rings. The van der Waals surface area contributed by atoms with E-state index >= 15 is 0 Å². The molecular weight excluding hydrogens is 190 g/mol. The zero-order valence-corrected chi connectivity index (χ0v) is 6.52. The van der Waals surface area contributed by atoms with Gasteiger partial charge in [0.15, 0.2) is 5.75 Å². The molecule has 0 unspecified atom stereocenters. The van der Waals surface area contributed by atoms with Crippen LogP contribution in [0.3, 0.4) is 0 Å². The minimum Gasteiger partial charge on any atom is -0.404 e. The summed E-state index contributed by atoms with van der Waals surface area (Å²) in [6.07, 6.45) is -4.00. The Morgan fingerprint density at radius 1 is 1.38 bits per heavy atom. The Kier molecular flexibility index (Phi) is 2.40. The SMILES string of the molecule is Cc1ncc(F)cc1OC(F)(F)F. The molecular formula is C7H5F4NO. The lowest BCUT2D eigenvalue weighted by Gasteiger charge is -2.09. The van der Waals surface area contributed by atoms with E-state index in [1.165, 1.54) is 6.92 Å². The Morgan fingerprint density at radius 2 is 2.00 bits per heavy atom. The summed E-state index contributed by atoms with van der Waals surface area (Å²) in [5.74, 6) is -1.49. The number of aryl methyl sites for hydroxylation is 1. The van der Waals surface area contributed by atoms with Gasteiger partial charge in [-0.2, -0.15) is 0 Å². The molecule has 0 aliphatic rings. The maximum Gasteiger partial charge on any atom is 0.573 e. The molecule has 6 heteroatoms. The summed E-state index contributed by atoms with van der Waals surface area (Å²) in [6.45, 7) is 1.29. The molecule has 0 atom stereocenters. The number of alkyl halides is 3. The molecule has 1 rings (SSSR count). The molecule has 1 aromatic rings. The highest BCUT2D eigenvalue weighted by Crippen LogP contribution is 2.24. The van der Waals surface area contributed by atoms with E-state index in [4.69, 9.17) is 0 Å². The first kappa shape index (κ1) is 9.76. The Balaban J connectivity index is 2.94. The van der Waals surface area contributed by atoms with Gasteiger partial charge in [0.25, 0.3) is 0 Å². The van der Waals surface area contributed by atoms with Gasteiger partial charge in [0.05, 0.1) is 11.9 Å². The zero-order valence-electron chi connectivity index (χ0n) is 6.52. The van der Waals surface area contributed by atoms with E-state index in [1.807, 2.05) is 0 Å². The van der Waals surface area contributed by atoms with E-state index in [9.17, 15) is 17.6 Å². The quantitative estimate of drug-likeness (QED) is 0.642. The van der Waals surface area contributed by atoms with Gasteiger partial charge in [0.2, 0.25) is 0 Å². The van der Waals surface area contributed by atoms with E-state index in [-0.39, 0.29) is 5.69 Å². The third kappa shape index (κ3) is 2.89. The Morgan fingerprint density at radius 3 is 2.54 bits per heavy atom. The highest BCUT2D eigenvalue weighted by Gasteiger charge is 2.32. The number of hydrogen-bond donors (Lipinski definition) is 0. The predicted molar refractivity (Wildman–Crippen MR) is 35.6 cm³/mol. The molecule has 0 bridgehead atoms. The molecule has 2 nitrogen and oxygen atoms in total. The summed E-state index contributed by atoms with van der Waals surface area (Å²) in [5.41, 5.74) is -0.0151. The summed E-state index contributed by atoms with van der Waals surface area (Å²) in [5, 5.41) is 0. The first-order chi connectivity index (χ1) is 5.88. The molecule has 0 aromatic carbocycles. The topological polar surface area (TPSA) is 22.1 Å². The summed E-state index contributed by atoms with van der Waals surface area (Å²) in [7, 11) is 0. The van der Waals surface area contributed by atoms with Gasteiger partial charge in [-0.05, 0) is 6.92 Å². The van der Waals surface area contributed by atoms with Crippen molar-refractivity contribution in [2.75, 3.05) is 0 Å². The minimum atomic E-state index is -4.82. The van der Waals surface area contributed by atoms with Crippen molar-refractivity contribution in [2.24, 2.45) is 0 Å². The average molecular weight is 195 g/mol. The van der Waals surface area contributed by atoms with Crippen molar-refractivity contribution < 1.29 is 22.3 Å². The molecule has 0 amide bonds. The van der Waals surface area contributed by atoms with Crippen LogP contribution in [0.1, 0.15) is 5.69 Å². The van der Waals surface area contributed by atoms with Crippen LogP contribution < -0.4 is 4.74 Å². The number of aromatic nitrogens is 1. The van der Waals surface area contributed by atoms with Gasteiger partial charge >= 0.3 is 6.36 Å². The number of halogens is 4. The van der Waals surface area contributed by atoms with Crippen molar-refractivity contribution in [3.63, 3.8) is 0 Å². The van der Waals surface area contributed by atoms with Gasteiger partial charge in [0, 0.05) is 6.07 Å². The molecule has 0 aliphatic heterocycles. The fourth-order valence-electron chi connectivity index (χ4n) is 0.717. The van der Waals surface area contributed by atoms with E-state index in [1.54, 1.807) is 0 Å². The predicted octanol–water partition coefficient (Wildman–Crippen LogP) is 2.43. The van der Waals surface area contributed by atoms with Crippen molar-refractivity contribution in [3.05, 3.63) is 23.8 Å². The van der Waals surface area contributed by atoms with Crippen LogP contribution >= 0.6 is 0 Å². The number of pyridine rings is 1. The van der Waals surface area contributed by atoms with Gasteiger partial charge < -0.3 is 4.74 Å². The molecule has 1 aromatic heterocycles. The molecule has 0 radical (unpaired) electrons. The van der Waals surface area contributed by atoms with E-state index < -0.39 is 17.9 Å². The van der Waals surface area contributed by atoms with Crippen LogP contribution in [0.5, 0.6) is 5.75 Å². The number of ether oxygens (including phenoxy) is 1.